The van der Waals surface area contributed by atoms with E-state index in [4.69, 9.17) is 19.3 Å². The lowest BCUT2D eigenvalue weighted by Crippen LogP contribution is -2.49. The van der Waals surface area contributed by atoms with Crippen molar-refractivity contribution in [2.75, 3.05) is 54.1 Å². The molecule has 0 radical (unpaired) electrons. The van der Waals surface area contributed by atoms with Crippen LogP contribution in [0.15, 0.2) is 12.1 Å². The monoisotopic (exact) mass is 366 g/mol. The first-order valence-corrected chi connectivity index (χ1v) is 8.49. The lowest BCUT2D eigenvalue weighted by Gasteiger charge is -2.33. The number of carboxylic acid groups (broad SMARTS) is 1. The average Bonchev–Trinajstić information content (AvgIpc) is 2.65. The fraction of sp³-hybridized carbons (Fsp3) is 0.556. The van der Waals surface area contributed by atoms with Gasteiger partial charge in [-0.1, -0.05) is 0 Å². The lowest BCUT2D eigenvalue weighted by molar-refractivity contribution is -0.139. The molecule has 1 aliphatic rings. The summed E-state index contributed by atoms with van der Waals surface area (Å²) < 4.78 is 16.0. The minimum atomic E-state index is -0.841. The smallest absolute Gasteiger partial charge is 0.317 e. The largest absolute Gasteiger partial charge is 0.493 e. The van der Waals surface area contributed by atoms with E-state index in [1.54, 1.807) is 26.2 Å². The Morgan fingerprint density at radius 2 is 1.58 bits per heavy atom. The Bertz CT molecular complexity index is 616. The maximum Gasteiger partial charge on any atom is 0.317 e. The molecule has 2 rings (SSSR count). The molecule has 0 aliphatic carbocycles. The number of methoxy groups -OCH3 is 3. The first-order valence-electron chi connectivity index (χ1n) is 8.49. The van der Waals surface area contributed by atoms with Crippen molar-refractivity contribution in [2.45, 2.75) is 12.8 Å². The number of nitrogens with zero attached hydrogens (tertiary/aromatic N) is 2. The second kappa shape index (κ2) is 9.28. The number of aryl methyl sites for hydroxylation is 1. The molecular weight excluding hydrogens is 340 g/mol. The first-order chi connectivity index (χ1) is 12.5. The number of benzene rings is 1. The van der Waals surface area contributed by atoms with Crippen molar-refractivity contribution in [1.29, 1.82) is 0 Å². The Morgan fingerprint density at radius 3 is 2.04 bits per heavy atom. The van der Waals surface area contributed by atoms with Crippen LogP contribution in [0.4, 0.5) is 0 Å². The zero-order chi connectivity index (χ0) is 19.1. The van der Waals surface area contributed by atoms with Crippen molar-refractivity contribution in [1.82, 2.24) is 9.80 Å². The van der Waals surface area contributed by atoms with Crippen molar-refractivity contribution in [3.8, 4) is 17.2 Å². The highest BCUT2D eigenvalue weighted by atomic mass is 16.5. The van der Waals surface area contributed by atoms with Crippen LogP contribution in [0.5, 0.6) is 17.2 Å². The number of carboxylic acids is 1. The number of carbonyl (C=O) groups is 2. The van der Waals surface area contributed by atoms with Gasteiger partial charge in [-0.3, -0.25) is 14.5 Å². The summed E-state index contributed by atoms with van der Waals surface area (Å²) in [7, 11) is 4.67. The summed E-state index contributed by atoms with van der Waals surface area (Å²) in [6.07, 6.45) is 0.933. The molecule has 8 nitrogen and oxygen atoms in total. The second-order valence-electron chi connectivity index (χ2n) is 6.08. The summed E-state index contributed by atoms with van der Waals surface area (Å²) in [6, 6.07) is 3.69. The molecule has 0 spiro atoms. The SMILES string of the molecule is COc1cc(CCC(=O)N2CCN(CC(=O)O)CC2)cc(OC)c1OC. The summed E-state index contributed by atoms with van der Waals surface area (Å²) in [4.78, 5) is 26.8. The molecule has 0 aromatic heterocycles. The zero-order valence-electron chi connectivity index (χ0n) is 15.5. The average molecular weight is 366 g/mol. The minimum Gasteiger partial charge on any atom is -0.493 e. The third kappa shape index (κ3) is 5.01. The highest BCUT2D eigenvalue weighted by molar-refractivity contribution is 5.76. The fourth-order valence-corrected chi connectivity index (χ4v) is 3.04. The van der Waals surface area contributed by atoms with Crippen molar-refractivity contribution in [3.63, 3.8) is 0 Å². The molecule has 144 valence electrons. The molecule has 1 aromatic rings. The fourth-order valence-electron chi connectivity index (χ4n) is 3.04. The van der Waals surface area contributed by atoms with E-state index in [9.17, 15) is 9.59 Å². The maximum atomic E-state index is 12.4. The Hall–Kier alpha value is -2.48. The molecule has 1 fully saturated rings. The summed E-state index contributed by atoms with van der Waals surface area (Å²) in [5.74, 6) is 0.883. The number of carbonyl (C=O) groups excluding carboxylic acids is 1. The van der Waals surface area contributed by atoms with Gasteiger partial charge in [0, 0.05) is 32.6 Å². The molecular formula is C18H26N2O6. The molecule has 1 aromatic carbocycles. The van der Waals surface area contributed by atoms with E-state index in [-0.39, 0.29) is 12.5 Å². The normalized spacial score (nSPS) is 14.8. The molecule has 1 amide bonds. The summed E-state index contributed by atoms with van der Waals surface area (Å²) in [5.41, 5.74) is 0.928. The number of piperazine rings is 1. The lowest BCUT2D eigenvalue weighted by atomic mass is 10.1. The van der Waals surface area contributed by atoms with Gasteiger partial charge in [0.25, 0.3) is 0 Å². The van der Waals surface area contributed by atoms with E-state index in [1.165, 1.54) is 0 Å². The molecule has 1 N–H and O–H groups in total. The summed E-state index contributed by atoms with van der Waals surface area (Å²) in [6.45, 7) is 2.31. The van der Waals surface area contributed by atoms with Crippen LogP contribution in [-0.2, 0) is 16.0 Å². The Balaban J connectivity index is 1.92. The van der Waals surface area contributed by atoms with E-state index in [2.05, 4.69) is 0 Å². The van der Waals surface area contributed by atoms with Crippen molar-refractivity contribution in [3.05, 3.63) is 17.7 Å². The number of ether oxygens (including phenoxy) is 3. The van der Waals surface area contributed by atoms with E-state index < -0.39 is 5.97 Å². The number of hydrogen-bond acceptors (Lipinski definition) is 6. The van der Waals surface area contributed by atoms with Gasteiger partial charge in [0.1, 0.15) is 0 Å². The quantitative estimate of drug-likeness (QED) is 0.730. The van der Waals surface area contributed by atoms with Gasteiger partial charge in [-0.2, -0.15) is 0 Å². The highest BCUT2D eigenvalue weighted by Gasteiger charge is 2.22. The number of amides is 1. The van der Waals surface area contributed by atoms with Crippen molar-refractivity contribution >= 4 is 11.9 Å². The third-order valence-corrected chi connectivity index (χ3v) is 4.44. The predicted molar refractivity (Wildman–Crippen MR) is 95.1 cm³/mol. The van der Waals surface area contributed by atoms with Crippen molar-refractivity contribution in [2.24, 2.45) is 0 Å². The number of hydrogen-bond donors (Lipinski definition) is 1. The van der Waals surface area contributed by atoms with Crippen LogP contribution in [0.1, 0.15) is 12.0 Å². The number of aliphatic carboxylic acids is 1. The molecule has 0 atom stereocenters. The van der Waals surface area contributed by atoms with E-state index in [1.807, 2.05) is 17.0 Å². The molecule has 0 bridgehead atoms. The first kappa shape index (κ1) is 19.8. The molecule has 8 heteroatoms. The Kier molecular flexibility index (Phi) is 7.08. The van der Waals surface area contributed by atoms with Crippen LogP contribution in [0, 0.1) is 0 Å². The standard InChI is InChI=1S/C18H26N2O6/c1-24-14-10-13(11-15(25-2)18(14)26-3)4-5-16(21)20-8-6-19(7-9-20)12-17(22)23/h10-11H,4-9,12H2,1-3H3,(H,22,23). The van der Waals surface area contributed by atoms with Crippen LogP contribution in [0.3, 0.4) is 0 Å². The maximum absolute atomic E-state index is 12.4. The van der Waals surface area contributed by atoms with E-state index >= 15 is 0 Å². The van der Waals surface area contributed by atoms with Gasteiger partial charge in [-0.05, 0) is 24.1 Å². The van der Waals surface area contributed by atoms with Crippen LogP contribution in [-0.4, -0.2) is 80.8 Å². The van der Waals surface area contributed by atoms with Gasteiger partial charge in [0.05, 0.1) is 27.9 Å². The number of rotatable bonds is 8. The summed E-state index contributed by atoms with van der Waals surface area (Å²) >= 11 is 0. The topological polar surface area (TPSA) is 88.5 Å². The van der Waals surface area contributed by atoms with Gasteiger partial charge in [-0.15, -0.1) is 0 Å². The van der Waals surface area contributed by atoms with Crippen LogP contribution >= 0.6 is 0 Å². The van der Waals surface area contributed by atoms with Gasteiger partial charge in [0.2, 0.25) is 11.7 Å². The molecule has 1 aliphatic heterocycles. The zero-order valence-corrected chi connectivity index (χ0v) is 15.5. The van der Waals surface area contributed by atoms with E-state index in [0.29, 0.717) is 56.3 Å². The second-order valence-corrected chi connectivity index (χ2v) is 6.08. The molecule has 1 heterocycles. The third-order valence-electron chi connectivity index (χ3n) is 4.44. The minimum absolute atomic E-state index is 0.0213. The van der Waals surface area contributed by atoms with E-state index in [0.717, 1.165) is 5.56 Å². The highest BCUT2D eigenvalue weighted by Crippen LogP contribution is 2.38. The van der Waals surface area contributed by atoms with Gasteiger partial charge < -0.3 is 24.2 Å². The van der Waals surface area contributed by atoms with Crippen LogP contribution in [0.25, 0.3) is 0 Å². The van der Waals surface area contributed by atoms with Gasteiger partial charge in [0.15, 0.2) is 11.5 Å². The summed E-state index contributed by atoms with van der Waals surface area (Å²) in [5, 5.41) is 8.82. The van der Waals surface area contributed by atoms with Gasteiger partial charge in [-0.25, -0.2) is 0 Å². The molecule has 1 saturated heterocycles. The van der Waals surface area contributed by atoms with Crippen molar-refractivity contribution < 1.29 is 28.9 Å². The van der Waals surface area contributed by atoms with Gasteiger partial charge >= 0.3 is 5.97 Å². The Morgan fingerprint density at radius 1 is 1.00 bits per heavy atom. The molecule has 0 saturated carbocycles. The molecule has 0 unspecified atom stereocenters. The van der Waals surface area contributed by atoms with Crippen LogP contribution < -0.4 is 14.2 Å². The molecule has 26 heavy (non-hydrogen) atoms. The Labute approximate surface area is 153 Å². The predicted octanol–water partition coefficient (Wildman–Crippen LogP) is 0.874. The van der Waals surface area contributed by atoms with Crippen LogP contribution in [0.2, 0.25) is 0 Å².